The molecule has 0 aliphatic heterocycles. The van der Waals surface area contributed by atoms with E-state index in [0.717, 1.165) is 0 Å². The van der Waals surface area contributed by atoms with Gasteiger partial charge in [0.25, 0.3) is 0 Å². The van der Waals surface area contributed by atoms with Gasteiger partial charge in [0.05, 0.1) is 0 Å². The normalized spacial score (nSPS) is 17.2. The van der Waals surface area contributed by atoms with Gasteiger partial charge in [-0.05, 0) is 10.4 Å². The molecule has 1 unspecified atom stereocenters. The zero-order chi connectivity index (χ0) is 6.78. The fraction of sp³-hybridized carbons (Fsp3) is 0.250. The van der Waals surface area contributed by atoms with E-state index in [2.05, 4.69) is 13.5 Å². The Kier molecular flexibility index (Phi) is 2.21. The van der Waals surface area contributed by atoms with Crippen LogP contribution in [0.3, 0.4) is 0 Å². The average molecular weight is 133 g/mol. The molecular weight excluding hydrogens is 126 g/mol. The fourth-order valence-corrected chi connectivity index (χ4v) is 0.806. The lowest BCUT2D eigenvalue weighted by atomic mass is 10.4. The lowest BCUT2D eigenvalue weighted by molar-refractivity contribution is 0.490. The van der Waals surface area contributed by atoms with E-state index < -0.39 is 10.4 Å². The van der Waals surface area contributed by atoms with Crippen molar-refractivity contribution in [2.45, 2.75) is 0 Å². The maximum Gasteiger partial charge on any atom is 0.158 e. The maximum atomic E-state index is 10.0. The average Bonchev–Trinajstić information content (AvgIpc) is 1.21. The lowest BCUT2D eigenvalue weighted by Crippen LogP contribution is -2.07. The van der Waals surface area contributed by atoms with E-state index in [0.29, 0.717) is 0 Å². The Bertz CT molecular complexity index is 137. The highest BCUT2D eigenvalue weighted by Gasteiger charge is 2.03. The van der Waals surface area contributed by atoms with E-state index in [1.165, 1.54) is 0 Å². The molecule has 0 aliphatic rings. The second-order valence-corrected chi connectivity index (χ2v) is 3.03. The summed E-state index contributed by atoms with van der Waals surface area (Å²) in [5.74, 6) is -0.340. The molecule has 1 N–H and O–H groups in total. The van der Waals surface area contributed by atoms with Gasteiger partial charge in [-0.25, -0.2) is 0 Å². The lowest BCUT2D eigenvalue weighted by Gasteiger charge is -2.13. The second kappa shape index (κ2) is 2.30. The van der Waals surface area contributed by atoms with Crippen LogP contribution in [-0.2, 0) is 14.6 Å². The summed E-state index contributed by atoms with van der Waals surface area (Å²) in [6.07, 6.45) is 0. The predicted octanol–water partition coefficient (Wildman–Crippen LogP) is 0.974. The molecule has 0 spiro atoms. The summed E-state index contributed by atoms with van der Waals surface area (Å²) in [7, 11) is -3.64. The van der Waals surface area contributed by atoms with Crippen molar-refractivity contribution in [2.75, 3.05) is 5.75 Å². The monoisotopic (exact) mass is 133 g/mol. The van der Waals surface area contributed by atoms with Gasteiger partial charge in [-0.3, -0.25) is 0 Å². The van der Waals surface area contributed by atoms with Gasteiger partial charge >= 0.3 is 0 Å². The first-order chi connectivity index (χ1) is 3.42. The summed E-state index contributed by atoms with van der Waals surface area (Å²) < 4.78 is 20.0. The molecule has 0 bridgehead atoms. The summed E-state index contributed by atoms with van der Waals surface area (Å²) in [6, 6.07) is 0. The van der Waals surface area contributed by atoms with Crippen LogP contribution in [0, 0.1) is 6.92 Å². The summed E-state index contributed by atoms with van der Waals surface area (Å²) in [5.41, 5.74) is 0.250. The van der Waals surface area contributed by atoms with E-state index >= 15 is 0 Å². The number of hydrogen-bond acceptors (Lipinski definition) is 2. The Morgan fingerprint density at radius 3 is 2.38 bits per heavy atom. The second-order valence-electron chi connectivity index (χ2n) is 1.51. The van der Waals surface area contributed by atoms with E-state index in [1.807, 2.05) is 0 Å². The van der Waals surface area contributed by atoms with Crippen molar-refractivity contribution in [3.63, 3.8) is 0 Å². The summed E-state index contributed by atoms with van der Waals surface area (Å²) >= 11 is 0. The Labute approximate surface area is 50.0 Å². The van der Waals surface area contributed by atoms with Crippen molar-refractivity contribution in [3.05, 3.63) is 24.2 Å². The molecule has 0 aromatic rings. The molecule has 0 saturated heterocycles. The van der Waals surface area contributed by atoms with Gasteiger partial charge in [-0.15, -0.1) is 4.21 Å². The molecule has 3 nitrogen and oxygen atoms in total. The van der Waals surface area contributed by atoms with E-state index in [1.54, 1.807) is 0 Å². The van der Waals surface area contributed by atoms with Gasteiger partial charge in [-0.2, -0.15) is 0 Å². The van der Waals surface area contributed by atoms with Gasteiger partial charge in [0.1, 0.15) is 5.57 Å². The highest BCUT2D eigenvalue weighted by molar-refractivity contribution is 7.99. The molecule has 0 aliphatic carbocycles. The SMILES string of the molecule is C=C([CH2+])C[S+]([NH-])(=O)[O-]. The molecule has 0 heterocycles. The Hall–Kier alpha value is -0.320. The van der Waals surface area contributed by atoms with Crippen LogP contribution in [0.25, 0.3) is 5.14 Å². The van der Waals surface area contributed by atoms with Crippen molar-refractivity contribution in [3.8, 4) is 0 Å². The Morgan fingerprint density at radius 2 is 2.38 bits per heavy atom. The molecule has 0 aromatic carbocycles. The standard InChI is InChI=1S/C4H7NO2S/c1-4(2)3-8(5,6)7/h1-3H2,(H-2,5,6,7). The molecule has 46 valence electrons. The molecule has 4 heteroatoms. The molecule has 0 saturated carbocycles. The first-order valence-corrected chi connectivity index (χ1v) is 3.54. The molecule has 1 atom stereocenters. The van der Waals surface area contributed by atoms with Crippen molar-refractivity contribution in [1.29, 1.82) is 0 Å². The first-order valence-electron chi connectivity index (χ1n) is 1.89. The molecule has 0 rings (SSSR count). The zero-order valence-corrected chi connectivity index (χ0v) is 5.16. The van der Waals surface area contributed by atoms with Crippen LogP contribution in [0.2, 0.25) is 0 Å². The molecular formula is C4H7NO2S. The van der Waals surface area contributed by atoms with Gasteiger partial charge < -0.3 is 9.69 Å². The summed E-state index contributed by atoms with van der Waals surface area (Å²) in [4.78, 5) is 0. The first kappa shape index (κ1) is 7.68. The number of sulfonamides is 1. The summed E-state index contributed by atoms with van der Waals surface area (Å²) in [5, 5.41) is 6.33. The van der Waals surface area contributed by atoms with Gasteiger partial charge in [0.15, 0.2) is 5.75 Å². The van der Waals surface area contributed by atoms with Crippen LogP contribution in [0.15, 0.2) is 12.2 Å². The van der Waals surface area contributed by atoms with Crippen LogP contribution >= 0.6 is 0 Å². The van der Waals surface area contributed by atoms with E-state index in [-0.39, 0.29) is 11.3 Å². The molecule has 0 amide bonds. The van der Waals surface area contributed by atoms with Crippen molar-refractivity contribution < 1.29 is 8.76 Å². The highest BCUT2D eigenvalue weighted by Crippen LogP contribution is 2.02. The van der Waals surface area contributed by atoms with E-state index in [9.17, 15) is 8.76 Å². The summed E-state index contributed by atoms with van der Waals surface area (Å²) in [6.45, 7) is 6.46. The van der Waals surface area contributed by atoms with Crippen LogP contribution in [-0.4, -0.2) is 10.3 Å². The third-order valence-corrected chi connectivity index (χ3v) is 1.18. The Balaban J connectivity index is 3.74. The van der Waals surface area contributed by atoms with Crippen LogP contribution in [0.1, 0.15) is 0 Å². The molecule has 0 fully saturated rings. The fourth-order valence-electron chi connectivity index (χ4n) is 0.269. The van der Waals surface area contributed by atoms with Crippen molar-refractivity contribution in [2.24, 2.45) is 0 Å². The van der Waals surface area contributed by atoms with E-state index in [4.69, 9.17) is 5.14 Å². The minimum Gasteiger partial charge on any atom is -0.625 e. The third-order valence-electron chi connectivity index (χ3n) is 0.394. The van der Waals surface area contributed by atoms with Crippen LogP contribution in [0.4, 0.5) is 0 Å². The minimum atomic E-state index is -3.64. The number of rotatable bonds is 2. The zero-order valence-electron chi connectivity index (χ0n) is 4.35. The Morgan fingerprint density at radius 1 is 2.00 bits per heavy atom. The highest BCUT2D eigenvalue weighted by atomic mass is 32.3. The van der Waals surface area contributed by atoms with Crippen molar-refractivity contribution >= 4 is 10.4 Å². The van der Waals surface area contributed by atoms with Crippen molar-refractivity contribution in [1.82, 2.24) is 0 Å². The number of hydrogen-bond donors (Lipinski definition) is 0. The minimum absolute atomic E-state index is 0.250. The van der Waals surface area contributed by atoms with Crippen LogP contribution in [0.5, 0.6) is 0 Å². The smallest absolute Gasteiger partial charge is 0.158 e. The number of nitrogens with one attached hydrogen (secondary N) is 1. The van der Waals surface area contributed by atoms with Gasteiger partial charge in [0.2, 0.25) is 0 Å². The molecule has 0 aromatic heterocycles. The third kappa shape index (κ3) is 5.68. The van der Waals surface area contributed by atoms with Gasteiger partial charge in [-0.1, -0.05) is 0 Å². The topological polar surface area (TPSA) is 63.9 Å². The molecule has 0 radical (unpaired) electrons. The maximum absolute atomic E-state index is 10.0. The largest absolute Gasteiger partial charge is 0.625 e. The van der Waals surface area contributed by atoms with Gasteiger partial charge in [0, 0.05) is 13.5 Å². The predicted molar refractivity (Wildman–Crippen MR) is 32.5 cm³/mol. The quantitative estimate of drug-likeness (QED) is 0.416. The van der Waals surface area contributed by atoms with Crippen LogP contribution < -0.4 is 0 Å². The molecule has 8 heavy (non-hydrogen) atoms.